The number of rotatable bonds is 7. The van der Waals surface area contributed by atoms with E-state index in [0.717, 1.165) is 22.7 Å². The Morgan fingerprint density at radius 3 is 1.69 bits per heavy atom. The Morgan fingerprint density at radius 1 is 0.338 bits per heavy atom. The van der Waals surface area contributed by atoms with Gasteiger partial charge in [0, 0.05) is 53.6 Å². The molecule has 3 heteroatoms. The maximum Gasteiger partial charge on any atom is 0.0554 e. The van der Waals surface area contributed by atoms with Crippen LogP contribution in [0.5, 0.6) is 0 Å². The van der Waals surface area contributed by atoms with Gasteiger partial charge in [0.25, 0.3) is 0 Å². The van der Waals surface area contributed by atoms with Crippen LogP contribution < -0.4 is 4.90 Å². The first kappa shape index (κ1) is 37.3. The third kappa shape index (κ3) is 6.16. The quantitative estimate of drug-likeness (QED) is 0.145. The lowest BCUT2D eigenvalue weighted by Crippen LogP contribution is -2.11. The van der Waals surface area contributed by atoms with Crippen LogP contribution in [-0.2, 0) is 0 Å². The highest BCUT2D eigenvalue weighted by molar-refractivity contribution is 7.26. The first-order valence-corrected chi connectivity index (χ1v) is 23.1. The summed E-state index contributed by atoms with van der Waals surface area (Å²) in [7, 11) is 0. The summed E-state index contributed by atoms with van der Waals surface area (Å²) < 4.78 is 4.96. The molecule has 0 radical (unpaired) electrons. The molecule has 2 aromatic heterocycles. The zero-order valence-electron chi connectivity index (χ0n) is 35.4. The SMILES string of the molecule is c1ccc(-c2cccc(N(c3cccc(-c4cccc5c4ccc4ccccc45)c3)c3ccc4c(sc5ccccc54)c3-c3ccc(-n4c5ccccc5c5ccccc54)cc3)c2)cc1. The molecular formula is C62H40N2S. The molecule has 0 fully saturated rings. The van der Waals surface area contributed by atoms with Crippen LogP contribution >= 0.6 is 11.3 Å². The molecular weight excluding hydrogens is 805 g/mol. The molecule has 0 N–H and O–H groups in total. The van der Waals surface area contributed by atoms with Gasteiger partial charge in [0.15, 0.2) is 0 Å². The van der Waals surface area contributed by atoms with E-state index in [9.17, 15) is 0 Å². The van der Waals surface area contributed by atoms with Crippen LogP contribution in [0, 0.1) is 0 Å². The van der Waals surface area contributed by atoms with Crippen LogP contribution in [-0.4, -0.2) is 4.57 Å². The second kappa shape index (κ2) is 15.2. The van der Waals surface area contributed by atoms with Gasteiger partial charge in [0.2, 0.25) is 0 Å². The Labute approximate surface area is 381 Å². The first-order chi connectivity index (χ1) is 32.2. The number of para-hydroxylation sites is 2. The van der Waals surface area contributed by atoms with E-state index < -0.39 is 0 Å². The fraction of sp³-hybridized carbons (Fsp3) is 0. The Morgan fingerprint density at radius 2 is 0.923 bits per heavy atom. The molecule has 2 heterocycles. The molecule has 0 atom stereocenters. The molecule has 65 heavy (non-hydrogen) atoms. The summed E-state index contributed by atoms with van der Waals surface area (Å²) in [4.78, 5) is 2.48. The highest BCUT2D eigenvalue weighted by Crippen LogP contribution is 2.50. The Balaban J connectivity index is 1.05. The van der Waals surface area contributed by atoms with Crippen LogP contribution in [0.2, 0.25) is 0 Å². The van der Waals surface area contributed by atoms with Crippen LogP contribution in [0.1, 0.15) is 0 Å². The van der Waals surface area contributed by atoms with E-state index in [0.29, 0.717) is 0 Å². The van der Waals surface area contributed by atoms with Crippen LogP contribution in [0.15, 0.2) is 243 Å². The van der Waals surface area contributed by atoms with Gasteiger partial charge in [-0.3, -0.25) is 0 Å². The maximum atomic E-state index is 2.48. The Kier molecular flexibility index (Phi) is 8.75. The normalized spacial score (nSPS) is 11.7. The van der Waals surface area contributed by atoms with Gasteiger partial charge < -0.3 is 9.47 Å². The lowest BCUT2D eigenvalue weighted by atomic mass is 9.94. The van der Waals surface area contributed by atoms with Crippen molar-refractivity contribution in [1.29, 1.82) is 0 Å². The number of hydrogen-bond donors (Lipinski definition) is 0. The maximum absolute atomic E-state index is 2.48. The van der Waals surface area contributed by atoms with Gasteiger partial charge >= 0.3 is 0 Å². The number of fused-ring (bicyclic) bond motifs is 9. The fourth-order valence-electron chi connectivity index (χ4n) is 10.2. The molecule has 0 aliphatic rings. The lowest BCUT2D eigenvalue weighted by molar-refractivity contribution is 1.18. The Bertz CT molecular complexity index is 3900. The molecule has 304 valence electrons. The molecule has 0 unspecified atom stereocenters. The predicted molar refractivity (Wildman–Crippen MR) is 280 cm³/mol. The second-order valence-electron chi connectivity index (χ2n) is 16.8. The molecule has 11 aromatic carbocycles. The number of nitrogens with zero attached hydrogens (tertiary/aromatic N) is 2. The molecule has 13 rings (SSSR count). The number of aromatic nitrogens is 1. The summed E-state index contributed by atoms with van der Waals surface area (Å²) in [6, 6.07) is 89.1. The van der Waals surface area contributed by atoms with E-state index in [1.165, 1.54) is 96.9 Å². The predicted octanol–water partition coefficient (Wildman–Crippen LogP) is 17.9. The number of benzene rings is 11. The number of thiophene rings is 1. The summed E-state index contributed by atoms with van der Waals surface area (Å²) in [5.41, 5.74) is 14.0. The third-order valence-corrected chi connectivity index (χ3v) is 14.4. The summed E-state index contributed by atoms with van der Waals surface area (Å²) >= 11 is 1.88. The van der Waals surface area contributed by atoms with E-state index in [1.807, 2.05) is 11.3 Å². The van der Waals surface area contributed by atoms with Crippen LogP contribution in [0.4, 0.5) is 17.1 Å². The minimum Gasteiger partial charge on any atom is -0.310 e. The van der Waals surface area contributed by atoms with Crippen molar-refractivity contribution in [2.45, 2.75) is 0 Å². The largest absolute Gasteiger partial charge is 0.310 e. The van der Waals surface area contributed by atoms with Gasteiger partial charge in [-0.2, -0.15) is 0 Å². The average molecular weight is 845 g/mol. The first-order valence-electron chi connectivity index (χ1n) is 22.2. The van der Waals surface area contributed by atoms with E-state index >= 15 is 0 Å². The van der Waals surface area contributed by atoms with Gasteiger partial charge in [-0.1, -0.05) is 182 Å². The number of hydrogen-bond acceptors (Lipinski definition) is 2. The van der Waals surface area contributed by atoms with Crippen molar-refractivity contribution in [3.05, 3.63) is 243 Å². The van der Waals surface area contributed by atoms with Crippen molar-refractivity contribution in [3.8, 4) is 39.1 Å². The van der Waals surface area contributed by atoms with Gasteiger partial charge in [0.05, 0.1) is 16.7 Å². The van der Waals surface area contributed by atoms with Gasteiger partial charge in [0.1, 0.15) is 0 Å². The minimum absolute atomic E-state index is 1.09. The molecule has 13 aromatic rings. The standard InChI is InChI=1S/C62H40N2S/c1-2-15-41(16-3-1)44-18-12-20-47(39-44)63(48-21-13-19-45(40-48)50-26-14-27-51-49-22-5-4-17-42(49)33-36-52(50)51)59-38-37-56-55-25-8-11-30-60(55)65-62(56)61(59)43-31-34-46(35-32-43)64-57-28-9-6-23-53(57)54-24-7-10-29-58(54)64/h1-40H. The highest BCUT2D eigenvalue weighted by Gasteiger charge is 2.23. The zero-order valence-corrected chi connectivity index (χ0v) is 36.2. The van der Waals surface area contributed by atoms with E-state index in [-0.39, 0.29) is 0 Å². The fourth-order valence-corrected chi connectivity index (χ4v) is 11.5. The van der Waals surface area contributed by atoms with Gasteiger partial charge in [-0.05, 0) is 110 Å². The molecule has 0 saturated heterocycles. The molecule has 0 amide bonds. The van der Waals surface area contributed by atoms with Crippen LogP contribution in [0.25, 0.3) is 103 Å². The van der Waals surface area contributed by atoms with Crippen LogP contribution in [0.3, 0.4) is 0 Å². The van der Waals surface area contributed by atoms with Crippen molar-refractivity contribution in [2.24, 2.45) is 0 Å². The topological polar surface area (TPSA) is 8.17 Å². The lowest BCUT2D eigenvalue weighted by Gasteiger charge is -2.29. The zero-order chi connectivity index (χ0) is 42.8. The molecule has 2 nitrogen and oxygen atoms in total. The van der Waals surface area contributed by atoms with E-state index in [2.05, 4.69) is 252 Å². The van der Waals surface area contributed by atoms with E-state index in [4.69, 9.17) is 0 Å². The molecule has 0 bridgehead atoms. The van der Waals surface area contributed by atoms with Gasteiger partial charge in [-0.15, -0.1) is 11.3 Å². The minimum atomic E-state index is 1.09. The monoisotopic (exact) mass is 844 g/mol. The van der Waals surface area contributed by atoms with Gasteiger partial charge in [-0.25, -0.2) is 0 Å². The average Bonchev–Trinajstić information content (AvgIpc) is 3.93. The Hall–Kier alpha value is -8.24. The third-order valence-electron chi connectivity index (χ3n) is 13.2. The second-order valence-corrected chi connectivity index (χ2v) is 17.9. The molecule has 0 aliphatic heterocycles. The summed E-state index contributed by atoms with van der Waals surface area (Å²) in [6.45, 7) is 0. The van der Waals surface area contributed by atoms with Crippen molar-refractivity contribution in [2.75, 3.05) is 4.90 Å². The van der Waals surface area contributed by atoms with Crippen molar-refractivity contribution in [1.82, 2.24) is 4.57 Å². The summed E-state index contributed by atoms with van der Waals surface area (Å²) in [5.74, 6) is 0. The van der Waals surface area contributed by atoms with Crippen molar-refractivity contribution < 1.29 is 0 Å². The highest BCUT2D eigenvalue weighted by atomic mass is 32.1. The smallest absolute Gasteiger partial charge is 0.0554 e. The van der Waals surface area contributed by atoms with Crippen molar-refractivity contribution >= 4 is 91.9 Å². The molecule has 0 spiro atoms. The molecule has 0 aliphatic carbocycles. The molecule has 0 saturated carbocycles. The number of anilines is 3. The summed E-state index contributed by atoms with van der Waals surface area (Å²) in [6.07, 6.45) is 0. The van der Waals surface area contributed by atoms with E-state index in [1.54, 1.807) is 0 Å². The summed E-state index contributed by atoms with van der Waals surface area (Å²) in [5, 5.41) is 10.1. The van der Waals surface area contributed by atoms with Crippen molar-refractivity contribution in [3.63, 3.8) is 0 Å².